The minimum atomic E-state index is -0.746. The average Bonchev–Trinajstić information content (AvgIpc) is 2.85. The zero-order valence-electron chi connectivity index (χ0n) is 13.9. The van der Waals surface area contributed by atoms with E-state index in [0.29, 0.717) is 12.3 Å². The smallest absolute Gasteiger partial charge is 0.375 e. The van der Waals surface area contributed by atoms with E-state index >= 15 is 0 Å². The summed E-state index contributed by atoms with van der Waals surface area (Å²) in [6, 6.07) is 8.74. The van der Waals surface area contributed by atoms with Crippen LogP contribution >= 0.6 is 0 Å². The molecule has 1 aliphatic carbocycles. The second kappa shape index (κ2) is 8.54. The van der Waals surface area contributed by atoms with E-state index in [1.165, 1.54) is 44.1 Å². The maximum Gasteiger partial charge on any atom is 0.542 e. The first-order valence-electron chi connectivity index (χ1n) is 8.86. The van der Waals surface area contributed by atoms with Crippen LogP contribution in [0.25, 0.3) is 0 Å². The van der Waals surface area contributed by atoms with Gasteiger partial charge in [-0.25, -0.2) is 4.79 Å². The van der Waals surface area contributed by atoms with Crippen LogP contribution in [0.4, 0.5) is 0 Å². The summed E-state index contributed by atoms with van der Waals surface area (Å²) in [5.74, 6) is 6.68. The Morgan fingerprint density at radius 1 is 1.08 bits per heavy atom. The summed E-state index contributed by atoms with van der Waals surface area (Å²) in [4.78, 5) is 10.7. The molecule has 4 nitrogen and oxygen atoms in total. The summed E-state index contributed by atoms with van der Waals surface area (Å²) in [6.45, 7) is 0. The highest BCUT2D eigenvalue weighted by Crippen LogP contribution is 2.31. The highest BCUT2D eigenvalue weighted by molar-refractivity contribution is 5.37. The molecule has 24 heavy (non-hydrogen) atoms. The molecule has 0 amide bonds. The SMILES string of the molecule is O=c1onc(CCCC#Cc2ccc(C3CCCCCC3)cc2)o1. The van der Waals surface area contributed by atoms with Crippen molar-refractivity contribution in [1.29, 1.82) is 0 Å². The lowest BCUT2D eigenvalue weighted by Gasteiger charge is -2.14. The first-order chi connectivity index (χ1) is 11.8. The molecule has 1 aliphatic rings. The molecule has 0 atom stereocenters. The molecule has 1 fully saturated rings. The number of hydrogen-bond acceptors (Lipinski definition) is 4. The fraction of sp³-hybridized carbons (Fsp3) is 0.500. The summed E-state index contributed by atoms with van der Waals surface area (Å²) >= 11 is 0. The summed E-state index contributed by atoms with van der Waals surface area (Å²) in [5.41, 5.74) is 2.52. The van der Waals surface area contributed by atoms with Gasteiger partial charge < -0.3 is 4.42 Å². The number of rotatable bonds is 4. The lowest BCUT2D eigenvalue weighted by atomic mass is 9.91. The van der Waals surface area contributed by atoms with Crippen LogP contribution in [0.2, 0.25) is 0 Å². The van der Waals surface area contributed by atoms with Crippen LogP contribution in [0.5, 0.6) is 0 Å². The van der Waals surface area contributed by atoms with Gasteiger partial charge in [-0.2, -0.15) is 0 Å². The van der Waals surface area contributed by atoms with Crippen LogP contribution in [0.15, 0.2) is 38.0 Å². The third-order valence-electron chi connectivity index (χ3n) is 4.59. The predicted molar refractivity (Wildman–Crippen MR) is 91.7 cm³/mol. The maximum atomic E-state index is 10.7. The first-order valence-corrected chi connectivity index (χ1v) is 8.86. The highest BCUT2D eigenvalue weighted by Gasteiger charge is 2.13. The van der Waals surface area contributed by atoms with E-state index in [-0.39, 0.29) is 0 Å². The zero-order chi connectivity index (χ0) is 16.6. The van der Waals surface area contributed by atoms with Crippen LogP contribution in [0.1, 0.15) is 74.3 Å². The second-order valence-corrected chi connectivity index (χ2v) is 6.39. The van der Waals surface area contributed by atoms with Crippen molar-refractivity contribution in [3.8, 4) is 11.8 Å². The van der Waals surface area contributed by atoms with Gasteiger partial charge in [-0.1, -0.05) is 49.7 Å². The van der Waals surface area contributed by atoms with Crippen molar-refractivity contribution < 1.29 is 8.94 Å². The Bertz CT molecular complexity index is 737. The van der Waals surface area contributed by atoms with Gasteiger partial charge in [-0.3, -0.25) is 4.52 Å². The fourth-order valence-electron chi connectivity index (χ4n) is 3.26. The third-order valence-corrected chi connectivity index (χ3v) is 4.59. The van der Waals surface area contributed by atoms with Crippen molar-refractivity contribution in [2.45, 2.75) is 63.7 Å². The van der Waals surface area contributed by atoms with Crippen LogP contribution in [0.3, 0.4) is 0 Å². The molecule has 4 heteroatoms. The normalized spacial score (nSPS) is 15.5. The summed E-state index contributed by atoms with van der Waals surface area (Å²) in [6.07, 6.45) is 10.2. The molecular formula is C20H23NO3. The molecule has 0 bridgehead atoms. The molecule has 1 aromatic carbocycles. The molecule has 2 aromatic rings. The fourth-order valence-corrected chi connectivity index (χ4v) is 3.26. The number of aryl methyl sites for hydroxylation is 1. The van der Waals surface area contributed by atoms with Gasteiger partial charge in [0.2, 0.25) is 5.89 Å². The van der Waals surface area contributed by atoms with Crippen LogP contribution < -0.4 is 5.82 Å². The molecule has 126 valence electrons. The van der Waals surface area contributed by atoms with Crippen molar-refractivity contribution in [3.63, 3.8) is 0 Å². The molecule has 0 radical (unpaired) electrons. The Kier molecular flexibility index (Phi) is 5.90. The van der Waals surface area contributed by atoms with Gasteiger partial charge in [0.1, 0.15) is 0 Å². The minimum absolute atomic E-state index is 0.342. The summed E-state index contributed by atoms with van der Waals surface area (Å²) in [7, 11) is 0. The zero-order valence-corrected chi connectivity index (χ0v) is 13.9. The van der Waals surface area contributed by atoms with Crippen molar-refractivity contribution in [3.05, 3.63) is 51.9 Å². The molecule has 0 saturated heterocycles. The van der Waals surface area contributed by atoms with Crippen LogP contribution in [-0.4, -0.2) is 5.16 Å². The monoisotopic (exact) mass is 325 g/mol. The molecule has 0 N–H and O–H groups in total. The average molecular weight is 325 g/mol. The lowest BCUT2D eigenvalue weighted by molar-refractivity contribution is 0.334. The van der Waals surface area contributed by atoms with Gasteiger partial charge in [-0.15, -0.1) is 0 Å². The Balaban J connectivity index is 1.48. The van der Waals surface area contributed by atoms with E-state index in [0.717, 1.165) is 24.3 Å². The maximum absolute atomic E-state index is 10.7. The number of nitrogens with zero attached hydrogens (tertiary/aromatic N) is 1. The van der Waals surface area contributed by atoms with Gasteiger partial charge in [0.15, 0.2) is 0 Å². The second-order valence-electron chi connectivity index (χ2n) is 6.39. The topological polar surface area (TPSA) is 56.2 Å². The van der Waals surface area contributed by atoms with Crippen molar-refractivity contribution in [2.75, 3.05) is 0 Å². The Labute approximate surface area is 142 Å². The number of hydrogen-bond donors (Lipinski definition) is 0. The summed E-state index contributed by atoms with van der Waals surface area (Å²) < 4.78 is 9.10. The van der Waals surface area contributed by atoms with Crippen molar-refractivity contribution >= 4 is 0 Å². The summed E-state index contributed by atoms with van der Waals surface area (Å²) in [5, 5.41) is 3.53. The van der Waals surface area contributed by atoms with Gasteiger partial charge in [-0.05, 0) is 48.0 Å². The van der Waals surface area contributed by atoms with E-state index in [1.807, 2.05) is 0 Å². The van der Waals surface area contributed by atoms with Crippen LogP contribution in [0, 0.1) is 11.8 Å². The number of benzene rings is 1. The van der Waals surface area contributed by atoms with E-state index in [9.17, 15) is 4.79 Å². The van der Waals surface area contributed by atoms with Gasteiger partial charge >= 0.3 is 5.82 Å². The molecule has 0 aliphatic heterocycles. The molecule has 0 unspecified atom stereocenters. The van der Waals surface area contributed by atoms with Gasteiger partial charge in [0.05, 0.1) is 0 Å². The number of aromatic nitrogens is 1. The van der Waals surface area contributed by atoms with Crippen molar-refractivity contribution in [2.24, 2.45) is 0 Å². The minimum Gasteiger partial charge on any atom is -0.375 e. The molecule has 1 heterocycles. The van der Waals surface area contributed by atoms with Crippen molar-refractivity contribution in [1.82, 2.24) is 5.16 Å². The van der Waals surface area contributed by atoms with E-state index in [1.54, 1.807) is 0 Å². The van der Waals surface area contributed by atoms with Crippen LogP contribution in [-0.2, 0) is 6.42 Å². The molecule has 1 aromatic heterocycles. The molecular weight excluding hydrogens is 302 g/mol. The standard InChI is InChI=1S/C20H23NO3/c22-20-23-19(21-24-20)11-7-3-4-8-16-12-14-18(15-13-16)17-9-5-1-2-6-10-17/h12-15,17H,1-3,5-7,9-11H2. The quantitative estimate of drug-likeness (QED) is 0.474. The predicted octanol–water partition coefficient (Wildman–Crippen LogP) is 4.44. The Hall–Kier alpha value is -2.28. The Morgan fingerprint density at radius 3 is 2.50 bits per heavy atom. The highest BCUT2D eigenvalue weighted by atomic mass is 16.6. The van der Waals surface area contributed by atoms with E-state index < -0.39 is 5.82 Å². The number of unbranched alkanes of at least 4 members (excludes halogenated alkanes) is 1. The van der Waals surface area contributed by atoms with Gasteiger partial charge in [0, 0.05) is 18.4 Å². The molecule has 1 saturated carbocycles. The third kappa shape index (κ3) is 4.86. The van der Waals surface area contributed by atoms with E-state index in [2.05, 4.69) is 45.8 Å². The molecule has 3 rings (SSSR count). The van der Waals surface area contributed by atoms with Gasteiger partial charge in [0.25, 0.3) is 0 Å². The Morgan fingerprint density at radius 2 is 1.83 bits per heavy atom. The van der Waals surface area contributed by atoms with E-state index in [4.69, 9.17) is 4.42 Å². The lowest BCUT2D eigenvalue weighted by Crippen LogP contribution is -1.96. The molecule has 0 spiro atoms. The first kappa shape index (κ1) is 16.6. The largest absolute Gasteiger partial charge is 0.542 e.